The minimum Gasteiger partial charge on any atom is -0.445 e. The van der Waals surface area contributed by atoms with Crippen LogP contribution in [0.15, 0.2) is 164 Å². The van der Waals surface area contributed by atoms with E-state index in [4.69, 9.17) is 23.7 Å². The molecule has 1 saturated heterocycles. The first-order valence-electron chi connectivity index (χ1n) is 17.9. The van der Waals surface area contributed by atoms with Crippen LogP contribution in [0.3, 0.4) is 0 Å². The van der Waals surface area contributed by atoms with Gasteiger partial charge in [0.05, 0.1) is 45.1 Å². The molecule has 0 saturated carbocycles. The molecule has 1 fully saturated rings. The number of hydrogen-bond donors (Lipinski definition) is 0. The summed E-state index contributed by atoms with van der Waals surface area (Å²) in [6, 6.07) is 48.7. The second-order valence-corrected chi connectivity index (χ2v) is 12.9. The quantitative estimate of drug-likeness (QED) is 0.0853. The maximum absolute atomic E-state index is 14.5. The summed E-state index contributed by atoms with van der Waals surface area (Å²) in [4.78, 5) is 16.3. The lowest BCUT2D eigenvalue weighted by Crippen LogP contribution is -2.52. The van der Waals surface area contributed by atoms with E-state index in [9.17, 15) is 4.79 Å². The third kappa shape index (κ3) is 10.3. The van der Waals surface area contributed by atoms with E-state index >= 15 is 0 Å². The van der Waals surface area contributed by atoms with E-state index in [2.05, 4.69) is 6.58 Å². The van der Waals surface area contributed by atoms with Gasteiger partial charge < -0.3 is 23.7 Å². The second-order valence-electron chi connectivity index (χ2n) is 12.9. The van der Waals surface area contributed by atoms with Crippen molar-refractivity contribution in [2.45, 2.75) is 69.9 Å². The highest BCUT2D eigenvalue weighted by atomic mass is 16.6. The van der Waals surface area contributed by atoms with Crippen LogP contribution in [0, 0.1) is 0 Å². The lowest BCUT2D eigenvalue weighted by molar-refractivity contribution is -0.117. The van der Waals surface area contributed by atoms with Gasteiger partial charge in [-0.2, -0.15) is 0 Å². The average molecular weight is 698 g/mol. The van der Waals surface area contributed by atoms with Gasteiger partial charge in [0.1, 0.15) is 24.9 Å². The zero-order valence-corrected chi connectivity index (χ0v) is 29.5. The van der Waals surface area contributed by atoms with Crippen LogP contribution in [0.25, 0.3) is 0 Å². The van der Waals surface area contributed by atoms with Gasteiger partial charge in [-0.05, 0) is 34.2 Å². The van der Waals surface area contributed by atoms with Gasteiger partial charge in [0.2, 0.25) is 0 Å². The Bertz CT molecular complexity index is 1760. The Hall–Kier alpha value is -5.05. The van der Waals surface area contributed by atoms with E-state index in [1.54, 1.807) is 4.90 Å². The van der Waals surface area contributed by atoms with Crippen molar-refractivity contribution in [3.05, 3.63) is 192 Å². The van der Waals surface area contributed by atoms with Gasteiger partial charge in [0.15, 0.2) is 0 Å². The van der Waals surface area contributed by atoms with Crippen LogP contribution in [0.1, 0.15) is 34.2 Å². The van der Waals surface area contributed by atoms with Crippen molar-refractivity contribution in [3.8, 4) is 0 Å². The van der Waals surface area contributed by atoms with Crippen LogP contribution in [0.5, 0.6) is 0 Å². The molecule has 1 amide bonds. The van der Waals surface area contributed by atoms with Gasteiger partial charge in [-0.3, -0.25) is 4.90 Å². The molecular formula is C45H47NO6. The van der Waals surface area contributed by atoms with Crippen LogP contribution in [-0.2, 0) is 56.7 Å². The summed E-state index contributed by atoms with van der Waals surface area (Å²) in [6.07, 6.45) is 0.0662. The maximum Gasteiger partial charge on any atom is 0.410 e. The minimum absolute atomic E-state index is 0.120. The van der Waals surface area contributed by atoms with E-state index in [0.29, 0.717) is 32.8 Å². The van der Waals surface area contributed by atoms with Crippen LogP contribution >= 0.6 is 0 Å². The molecule has 268 valence electrons. The monoisotopic (exact) mass is 697 g/mol. The van der Waals surface area contributed by atoms with Crippen LogP contribution in [0.2, 0.25) is 0 Å². The summed E-state index contributed by atoms with van der Waals surface area (Å²) >= 11 is 0. The molecule has 0 unspecified atom stereocenters. The first kappa shape index (κ1) is 36.7. The molecule has 5 atom stereocenters. The molecule has 5 aromatic rings. The molecule has 0 radical (unpaired) electrons. The topological polar surface area (TPSA) is 66.5 Å². The molecule has 1 heterocycles. The van der Waals surface area contributed by atoms with Gasteiger partial charge in [-0.25, -0.2) is 4.79 Å². The van der Waals surface area contributed by atoms with Gasteiger partial charge in [0.25, 0.3) is 0 Å². The molecule has 0 N–H and O–H groups in total. The highest BCUT2D eigenvalue weighted by molar-refractivity contribution is 5.70. The van der Waals surface area contributed by atoms with E-state index in [1.807, 2.05) is 158 Å². The molecule has 0 bridgehead atoms. The number of hydrogen-bond acceptors (Lipinski definition) is 6. The van der Waals surface area contributed by atoms with Gasteiger partial charge in [-0.15, -0.1) is 6.58 Å². The Labute approximate surface area is 307 Å². The highest BCUT2D eigenvalue weighted by Gasteiger charge is 2.56. The van der Waals surface area contributed by atoms with Crippen LogP contribution in [-0.4, -0.2) is 48.0 Å². The molecule has 5 aromatic carbocycles. The summed E-state index contributed by atoms with van der Waals surface area (Å²) in [6.45, 7) is 5.76. The van der Waals surface area contributed by atoms with Crippen molar-refractivity contribution in [1.29, 1.82) is 0 Å². The zero-order chi connectivity index (χ0) is 35.8. The number of carbonyl (C=O) groups is 1. The number of amides is 1. The normalized spacial score (nSPS) is 18.9. The van der Waals surface area contributed by atoms with E-state index in [1.165, 1.54) is 0 Å². The molecule has 0 spiro atoms. The van der Waals surface area contributed by atoms with E-state index < -0.39 is 36.5 Å². The molecule has 7 nitrogen and oxygen atoms in total. The summed E-state index contributed by atoms with van der Waals surface area (Å²) in [5.41, 5.74) is 4.97. The molecule has 1 aliphatic heterocycles. The third-order valence-corrected chi connectivity index (χ3v) is 9.19. The Morgan fingerprint density at radius 3 is 1.48 bits per heavy atom. The largest absolute Gasteiger partial charge is 0.445 e. The zero-order valence-electron chi connectivity index (χ0n) is 29.5. The smallest absolute Gasteiger partial charge is 0.410 e. The van der Waals surface area contributed by atoms with Gasteiger partial charge in [0, 0.05) is 0 Å². The number of ether oxygens (including phenoxy) is 5. The molecule has 1 aliphatic rings. The van der Waals surface area contributed by atoms with Gasteiger partial charge in [-0.1, -0.05) is 158 Å². The molecule has 0 aromatic heterocycles. The number of benzene rings is 5. The van der Waals surface area contributed by atoms with Crippen LogP contribution < -0.4 is 0 Å². The number of likely N-dealkylation sites (tertiary alicyclic amines) is 1. The van der Waals surface area contributed by atoms with Crippen molar-refractivity contribution < 1.29 is 28.5 Å². The maximum atomic E-state index is 14.5. The van der Waals surface area contributed by atoms with Crippen molar-refractivity contribution in [1.82, 2.24) is 4.90 Å². The standard InChI is InChI=1S/C45H47NO6/c1-2-18-40-43(50-31-37-23-12-5-13-24-37)44(51-32-38-25-14-6-15-26-38)42(46(40)45(47)52-33-39-27-16-7-17-28-39)41(49-30-36-21-10-4-11-22-36)34-48-29-35-19-8-3-9-20-35/h2-17,19-28,40-44H,1,18,29-34H2/t40-,41-,42+,43+,44+/m1/s1. The Morgan fingerprint density at radius 1 is 0.577 bits per heavy atom. The summed E-state index contributed by atoms with van der Waals surface area (Å²) in [5, 5.41) is 0. The summed E-state index contributed by atoms with van der Waals surface area (Å²) < 4.78 is 32.9. The second kappa shape index (κ2) is 19.5. The SMILES string of the molecule is C=CC[C@@H]1[C@H](OCc2ccccc2)[C@@H](OCc2ccccc2)[C@H]([C@@H](COCc2ccccc2)OCc2ccccc2)N1C(=O)OCc1ccccc1. The first-order chi connectivity index (χ1) is 25.7. The van der Waals surface area contributed by atoms with Crippen molar-refractivity contribution >= 4 is 6.09 Å². The molecule has 52 heavy (non-hydrogen) atoms. The molecule has 7 heteroatoms. The number of rotatable bonds is 18. The molecule has 0 aliphatic carbocycles. The van der Waals surface area contributed by atoms with E-state index in [0.717, 1.165) is 27.8 Å². The highest BCUT2D eigenvalue weighted by Crippen LogP contribution is 2.37. The Kier molecular flexibility index (Phi) is 13.8. The fraction of sp³-hybridized carbons (Fsp3) is 0.267. The first-order valence-corrected chi connectivity index (χ1v) is 17.9. The fourth-order valence-corrected chi connectivity index (χ4v) is 6.63. The lowest BCUT2D eigenvalue weighted by atomic mass is 10.0. The average Bonchev–Trinajstić information content (AvgIpc) is 3.51. The summed E-state index contributed by atoms with van der Waals surface area (Å²) in [7, 11) is 0. The Morgan fingerprint density at radius 2 is 1.00 bits per heavy atom. The number of nitrogens with zero attached hydrogens (tertiary/aromatic N) is 1. The third-order valence-electron chi connectivity index (χ3n) is 9.19. The fourth-order valence-electron chi connectivity index (χ4n) is 6.63. The Balaban J connectivity index is 1.37. The van der Waals surface area contributed by atoms with Crippen LogP contribution in [0.4, 0.5) is 4.79 Å². The van der Waals surface area contributed by atoms with Crippen molar-refractivity contribution in [2.75, 3.05) is 6.61 Å². The predicted molar refractivity (Wildman–Crippen MR) is 202 cm³/mol. The van der Waals surface area contributed by atoms with E-state index in [-0.39, 0.29) is 13.2 Å². The predicted octanol–water partition coefficient (Wildman–Crippen LogP) is 8.93. The van der Waals surface area contributed by atoms with Crippen molar-refractivity contribution in [2.24, 2.45) is 0 Å². The summed E-state index contributed by atoms with van der Waals surface area (Å²) in [5.74, 6) is 0. The lowest BCUT2D eigenvalue weighted by Gasteiger charge is -2.35. The van der Waals surface area contributed by atoms with Crippen molar-refractivity contribution in [3.63, 3.8) is 0 Å². The van der Waals surface area contributed by atoms with Gasteiger partial charge >= 0.3 is 6.09 Å². The number of carbonyl (C=O) groups excluding carboxylic acids is 1. The minimum atomic E-state index is -0.628. The molecule has 6 rings (SSSR count). The molecular weight excluding hydrogens is 650 g/mol.